The molecule has 0 saturated carbocycles. The Morgan fingerprint density at radius 2 is 1.24 bits per heavy atom. The van der Waals surface area contributed by atoms with Crippen LogP contribution in [0.25, 0.3) is 21.9 Å². The van der Waals surface area contributed by atoms with Crippen LogP contribution in [0.2, 0.25) is 0 Å². The SMILES string of the molecule is O=C(Oc1ccc(-c2ccccc2)cc1)c1ccc2ccccc2c1. The minimum atomic E-state index is -0.349. The zero-order valence-corrected chi connectivity index (χ0v) is 13.6. The number of ether oxygens (including phenoxy) is 1. The van der Waals surface area contributed by atoms with E-state index < -0.39 is 0 Å². The van der Waals surface area contributed by atoms with Crippen molar-refractivity contribution in [1.82, 2.24) is 0 Å². The summed E-state index contributed by atoms with van der Waals surface area (Å²) in [6.07, 6.45) is 0. The topological polar surface area (TPSA) is 26.3 Å². The maximum absolute atomic E-state index is 12.4. The fourth-order valence-corrected chi connectivity index (χ4v) is 2.83. The summed E-state index contributed by atoms with van der Waals surface area (Å²) in [7, 11) is 0. The van der Waals surface area contributed by atoms with Gasteiger partial charge in [-0.2, -0.15) is 0 Å². The van der Waals surface area contributed by atoms with Gasteiger partial charge in [0.2, 0.25) is 0 Å². The third-order valence-electron chi connectivity index (χ3n) is 4.16. The number of hydrogen-bond donors (Lipinski definition) is 0. The van der Waals surface area contributed by atoms with E-state index >= 15 is 0 Å². The van der Waals surface area contributed by atoms with E-state index in [1.54, 1.807) is 6.07 Å². The number of esters is 1. The lowest BCUT2D eigenvalue weighted by Gasteiger charge is -2.07. The molecule has 0 bridgehead atoms. The third kappa shape index (κ3) is 3.29. The first-order valence-corrected chi connectivity index (χ1v) is 8.16. The van der Waals surface area contributed by atoms with E-state index in [9.17, 15) is 4.79 Å². The van der Waals surface area contributed by atoms with Crippen LogP contribution in [-0.2, 0) is 0 Å². The fourth-order valence-electron chi connectivity index (χ4n) is 2.83. The van der Waals surface area contributed by atoms with E-state index in [0.29, 0.717) is 11.3 Å². The Kier molecular flexibility index (Phi) is 4.01. The van der Waals surface area contributed by atoms with E-state index in [1.807, 2.05) is 78.9 Å². The van der Waals surface area contributed by atoms with E-state index in [1.165, 1.54) is 0 Å². The van der Waals surface area contributed by atoms with Gasteiger partial charge in [-0.25, -0.2) is 4.79 Å². The average molecular weight is 324 g/mol. The minimum absolute atomic E-state index is 0.349. The molecule has 4 aromatic rings. The molecule has 0 saturated heterocycles. The Labute approximate surface area is 146 Å². The third-order valence-corrected chi connectivity index (χ3v) is 4.16. The minimum Gasteiger partial charge on any atom is -0.423 e. The van der Waals surface area contributed by atoms with Gasteiger partial charge in [-0.3, -0.25) is 0 Å². The Bertz CT molecular complexity index is 1020. The number of hydrogen-bond acceptors (Lipinski definition) is 2. The summed E-state index contributed by atoms with van der Waals surface area (Å²) in [5, 5.41) is 2.13. The van der Waals surface area contributed by atoms with Crippen molar-refractivity contribution in [3.8, 4) is 16.9 Å². The molecule has 2 heteroatoms. The average Bonchev–Trinajstić information content (AvgIpc) is 2.69. The van der Waals surface area contributed by atoms with Crippen LogP contribution in [0.5, 0.6) is 5.75 Å². The molecule has 0 amide bonds. The normalized spacial score (nSPS) is 10.6. The van der Waals surface area contributed by atoms with Crippen molar-refractivity contribution in [3.63, 3.8) is 0 Å². The second-order valence-electron chi connectivity index (χ2n) is 5.84. The van der Waals surface area contributed by atoms with E-state index in [0.717, 1.165) is 21.9 Å². The Morgan fingerprint density at radius 3 is 2.00 bits per heavy atom. The summed E-state index contributed by atoms with van der Waals surface area (Å²) >= 11 is 0. The molecule has 0 aromatic heterocycles. The molecule has 0 unspecified atom stereocenters. The monoisotopic (exact) mass is 324 g/mol. The fraction of sp³-hybridized carbons (Fsp3) is 0. The van der Waals surface area contributed by atoms with Crippen molar-refractivity contribution >= 4 is 16.7 Å². The molecule has 4 rings (SSSR count). The first kappa shape index (κ1) is 15.2. The Morgan fingerprint density at radius 1 is 0.600 bits per heavy atom. The first-order chi connectivity index (χ1) is 12.3. The summed E-state index contributed by atoms with van der Waals surface area (Å²) in [6.45, 7) is 0. The summed E-state index contributed by atoms with van der Waals surface area (Å²) < 4.78 is 5.50. The second-order valence-corrected chi connectivity index (χ2v) is 5.84. The molecule has 0 heterocycles. The predicted molar refractivity (Wildman–Crippen MR) is 101 cm³/mol. The van der Waals surface area contributed by atoms with Crippen LogP contribution in [0.4, 0.5) is 0 Å². The van der Waals surface area contributed by atoms with Gasteiger partial charge in [0.15, 0.2) is 0 Å². The van der Waals surface area contributed by atoms with Gasteiger partial charge >= 0.3 is 5.97 Å². The van der Waals surface area contributed by atoms with E-state index in [4.69, 9.17) is 4.74 Å². The number of rotatable bonds is 3. The molecule has 0 aliphatic carbocycles. The molecular formula is C23H16O2. The maximum atomic E-state index is 12.4. The van der Waals surface area contributed by atoms with Crippen molar-refractivity contribution in [3.05, 3.63) is 103 Å². The van der Waals surface area contributed by atoms with Gasteiger partial charge in [-0.15, -0.1) is 0 Å². The van der Waals surface area contributed by atoms with Crippen molar-refractivity contribution in [1.29, 1.82) is 0 Å². The first-order valence-electron chi connectivity index (χ1n) is 8.16. The molecule has 0 atom stereocenters. The predicted octanol–water partition coefficient (Wildman–Crippen LogP) is 5.73. The number of carbonyl (C=O) groups is 1. The van der Waals surface area contributed by atoms with Gasteiger partial charge < -0.3 is 4.74 Å². The largest absolute Gasteiger partial charge is 0.423 e. The lowest BCUT2D eigenvalue weighted by atomic mass is 10.1. The van der Waals surface area contributed by atoms with Gasteiger partial charge in [0.05, 0.1) is 5.56 Å². The van der Waals surface area contributed by atoms with Gasteiger partial charge in [0.25, 0.3) is 0 Å². The number of benzene rings is 4. The highest BCUT2D eigenvalue weighted by Crippen LogP contribution is 2.23. The maximum Gasteiger partial charge on any atom is 0.343 e. The Balaban J connectivity index is 1.53. The van der Waals surface area contributed by atoms with Gasteiger partial charge in [0.1, 0.15) is 5.75 Å². The molecule has 0 spiro atoms. The summed E-state index contributed by atoms with van der Waals surface area (Å²) in [4.78, 5) is 12.4. The molecule has 2 nitrogen and oxygen atoms in total. The highest BCUT2D eigenvalue weighted by atomic mass is 16.5. The standard InChI is InChI=1S/C23H16O2/c24-23(21-11-10-18-8-4-5-9-20(18)16-21)25-22-14-12-19(13-15-22)17-6-2-1-3-7-17/h1-16H. The lowest BCUT2D eigenvalue weighted by molar-refractivity contribution is 0.0735. The highest BCUT2D eigenvalue weighted by molar-refractivity contribution is 5.96. The molecule has 0 fully saturated rings. The van der Waals surface area contributed by atoms with Crippen molar-refractivity contribution in [2.45, 2.75) is 0 Å². The van der Waals surface area contributed by atoms with Crippen LogP contribution in [-0.4, -0.2) is 5.97 Å². The van der Waals surface area contributed by atoms with Crippen molar-refractivity contribution < 1.29 is 9.53 Å². The zero-order valence-electron chi connectivity index (χ0n) is 13.6. The molecule has 4 aromatic carbocycles. The van der Waals surface area contributed by atoms with Gasteiger partial charge in [0, 0.05) is 0 Å². The van der Waals surface area contributed by atoms with Crippen LogP contribution in [0.3, 0.4) is 0 Å². The van der Waals surface area contributed by atoms with Crippen LogP contribution < -0.4 is 4.74 Å². The molecule has 120 valence electrons. The van der Waals surface area contributed by atoms with Crippen LogP contribution in [0.1, 0.15) is 10.4 Å². The smallest absolute Gasteiger partial charge is 0.343 e. The highest BCUT2D eigenvalue weighted by Gasteiger charge is 2.09. The zero-order chi connectivity index (χ0) is 17.1. The van der Waals surface area contributed by atoms with Crippen LogP contribution in [0.15, 0.2) is 97.1 Å². The number of carbonyl (C=O) groups excluding carboxylic acids is 1. The van der Waals surface area contributed by atoms with Crippen LogP contribution >= 0.6 is 0 Å². The van der Waals surface area contributed by atoms with E-state index in [2.05, 4.69) is 12.1 Å². The summed E-state index contributed by atoms with van der Waals surface area (Å²) in [5.74, 6) is 0.191. The van der Waals surface area contributed by atoms with Crippen LogP contribution in [0, 0.1) is 0 Å². The summed E-state index contributed by atoms with van der Waals surface area (Å²) in [5.41, 5.74) is 2.77. The van der Waals surface area contributed by atoms with Gasteiger partial charge in [-0.05, 0) is 46.2 Å². The number of fused-ring (bicyclic) bond motifs is 1. The van der Waals surface area contributed by atoms with Crippen molar-refractivity contribution in [2.24, 2.45) is 0 Å². The van der Waals surface area contributed by atoms with Crippen molar-refractivity contribution in [2.75, 3.05) is 0 Å². The van der Waals surface area contributed by atoms with E-state index in [-0.39, 0.29) is 5.97 Å². The quantitative estimate of drug-likeness (QED) is 0.355. The Hall–Kier alpha value is -3.39. The second kappa shape index (κ2) is 6.62. The lowest BCUT2D eigenvalue weighted by Crippen LogP contribution is -2.08. The molecule has 0 N–H and O–H groups in total. The van der Waals surface area contributed by atoms with Gasteiger partial charge in [-0.1, -0.05) is 72.8 Å². The molecule has 0 aliphatic rings. The summed E-state index contributed by atoms with van der Waals surface area (Å²) in [6, 6.07) is 31.2. The molecule has 25 heavy (non-hydrogen) atoms. The molecular weight excluding hydrogens is 308 g/mol. The molecule has 0 aliphatic heterocycles. The molecule has 0 radical (unpaired) electrons.